The van der Waals surface area contributed by atoms with E-state index in [-0.39, 0.29) is 30.8 Å². The van der Waals surface area contributed by atoms with E-state index < -0.39 is 15.9 Å². The maximum absolute atomic E-state index is 12.2. The van der Waals surface area contributed by atoms with Gasteiger partial charge in [-0.05, 0) is 23.6 Å². The Morgan fingerprint density at radius 1 is 1.36 bits per heavy atom. The number of furan rings is 1. The molecule has 0 aromatic carbocycles. The van der Waals surface area contributed by atoms with Crippen molar-refractivity contribution in [1.29, 1.82) is 10.5 Å². The second kappa shape index (κ2) is 9.85. The van der Waals surface area contributed by atoms with Gasteiger partial charge in [0.15, 0.2) is 0 Å². The molecule has 0 radical (unpaired) electrons. The molecule has 0 atom stereocenters. The Hall–Kier alpha value is -2.92. The summed E-state index contributed by atoms with van der Waals surface area (Å²) in [6, 6.07) is 10.6. The molecule has 28 heavy (non-hydrogen) atoms. The predicted molar refractivity (Wildman–Crippen MR) is 104 cm³/mol. The molecule has 0 unspecified atom stereocenters. The largest absolute Gasteiger partial charge is 0.460 e. The van der Waals surface area contributed by atoms with Gasteiger partial charge in [-0.2, -0.15) is 14.8 Å². The van der Waals surface area contributed by atoms with Crippen molar-refractivity contribution in [3.05, 3.63) is 51.6 Å². The number of hydrogen-bond acceptors (Lipinski definition) is 7. The zero-order chi connectivity index (χ0) is 20.6. The van der Waals surface area contributed by atoms with Gasteiger partial charge >= 0.3 is 0 Å². The molecule has 1 N–H and O–H groups in total. The number of carbonyl (C=O) groups excluding carboxylic acids is 1. The van der Waals surface area contributed by atoms with E-state index in [1.807, 2.05) is 29.7 Å². The fraction of sp³-hybridized carbons (Fsp3) is 0.278. The monoisotopic (exact) mass is 418 g/mol. The quantitative estimate of drug-likeness (QED) is 0.491. The second-order valence-electron chi connectivity index (χ2n) is 5.74. The Kier molecular flexibility index (Phi) is 7.52. The van der Waals surface area contributed by atoms with Crippen molar-refractivity contribution in [3.8, 4) is 12.1 Å². The normalized spacial score (nSPS) is 11.8. The van der Waals surface area contributed by atoms with Crippen LogP contribution in [0.3, 0.4) is 0 Å². The van der Waals surface area contributed by atoms with Gasteiger partial charge in [0, 0.05) is 23.9 Å². The number of rotatable bonds is 9. The molecule has 0 aliphatic heterocycles. The molecule has 2 aromatic heterocycles. The first-order valence-electron chi connectivity index (χ1n) is 8.16. The van der Waals surface area contributed by atoms with E-state index in [1.165, 1.54) is 17.4 Å². The molecule has 0 bridgehead atoms. The number of thiophene rings is 1. The van der Waals surface area contributed by atoms with Gasteiger partial charge in [0.05, 0.1) is 25.4 Å². The highest BCUT2D eigenvalue weighted by molar-refractivity contribution is 7.88. The van der Waals surface area contributed by atoms with Crippen molar-refractivity contribution in [2.75, 3.05) is 12.8 Å². The van der Waals surface area contributed by atoms with Gasteiger partial charge in [-0.1, -0.05) is 6.07 Å². The minimum Gasteiger partial charge on any atom is -0.460 e. The first-order chi connectivity index (χ1) is 13.3. The van der Waals surface area contributed by atoms with Crippen molar-refractivity contribution in [2.45, 2.75) is 19.5 Å². The summed E-state index contributed by atoms with van der Waals surface area (Å²) in [5.41, 5.74) is -0.123. The summed E-state index contributed by atoms with van der Waals surface area (Å²) >= 11 is 1.50. The van der Waals surface area contributed by atoms with Crippen LogP contribution in [0.2, 0.25) is 0 Å². The number of nitrogens with one attached hydrogen (secondary N) is 1. The summed E-state index contributed by atoms with van der Waals surface area (Å²) in [5, 5.41) is 22.4. The van der Waals surface area contributed by atoms with Crippen LogP contribution in [-0.2, 0) is 27.9 Å². The maximum atomic E-state index is 12.2. The van der Waals surface area contributed by atoms with Gasteiger partial charge < -0.3 is 9.73 Å². The van der Waals surface area contributed by atoms with Crippen molar-refractivity contribution < 1.29 is 17.6 Å². The van der Waals surface area contributed by atoms with E-state index >= 15 is 0 Å². The van der Waals surface area contributed by atoms with Crippen molar-refractivity contribution in [2.24, 2.45) is 0 Å². The second-order valence-corrected chi connectivity index (χ2v) is 8.76. The Labute approximate surface area is 167 Å². The molecule has 2 aromatic rings. The fourth-order valence-corrected chi connectivity index (χ4v) is 3.66. The van der Waals surface area contributed by atoms with Gasteiger partial charge in [-0.15, -0.1) is 11.3 Å². The van der Waals surface area contributed by atoms with Crippen LogP contribution in [0.25, 0.3) is 6.08 Å². The van der Waals surface area contributed by atoms with Crippen LogP contribution in [0.4, 0.5) is 0 Å². The zero-order valence-corrected chi connectivity index (χ0v) is 16.7. The molecule has 8 nitrogen and oxygen atoms in total. The van der Waals surface area contributed by atoms with E-state index in [1.54, 1.807) is 12.1 Å². The summed E-state index contributed by atoms with van der Waals surface area (Å²) in [4.78, 5) is 13.1. The van der Waals surface area contributed by atoms with E-state index in [9.17, 15) is 18.5 Å². The highest BCUT2D eigenvalue weighted by Crippen LogP contribution is 2.16. The molecular weight excluding hydrogens is 400 g/mol. The van der Waals surface area contributed by atoms with E-state index in [4.69, 9.17) is 9.68 Å². The molecule has 2 heterocycles. The number of carbonyl (C=O) groups is 1. The fourth-order valence-electron chi connectivity index (χ4n) is 2.23. The molecule has 146 valence electrons. The molecule has 0 fully saturated rings. The number of nitriles is 2. The van der Waals surface area contributed by atoms with Crippen molar-refractivity contribution in [3.63, 3.8) is 0 Å². The lowest BCUT2D eigenvalue weighted by atomic mass is 10.2. The molecular formula is C18H18N4O4S2. The number of hydrogen-bond donors (Lipinski definition) is 1. The molecule has 0 saturated carbocycles. The van der Waals surface area contributed by atoms with Crippen LogP contribution in [0.1, 0.15) is 22.8 Å². The molecule has 1 amide bonds. The minimum atomic E-state index is -3.50. The highest BCUT2D eigenvalue weighted by Gasteiger charge is 2.18. The van der Waals surface area contributed by atoms with Crippen LogP contribution < -0.4 is 5.32 Å². The summed E-state index contributed by atoms with van der Waals surface area (Å²) in [6.07, 6.45) is 2.41. The smallest absolute Gasteiger partial charge is 0.262 e. The Bertz CT molecular complexity index is 1020. The number of sulfonamides is 1. The molecule has 0 saturated heterocycles. The summed E-state index contributed by atoms with van der Waals surface area (Å²) < 4.78 is 30.3. The van der Waals surface area contributed by atoms with E-state index in [2.05, 4.69) is 5.32 Å². The van der Waals surface area contributed by atoms with Crippen LogP contribution in [-0.4, -0.2) is 31.4 Å². The third-order valence-corrected chi connectivity index (χ3v) is 5.74. The van der Waals surface area contributed by atoms with Gasteiger partial charge in [0.25, 0.3) is 5.91 Å². The molecule has 0 aliphatic rings. The van der Waals surface area contributed by atoms with E-state index in [0.29, 0.717) is 12.3 Å². The SMILES string of the molecule is CS(=O)(=O)N(CCC#N)Cc1ccc(/C=C(\C#N)C(=O)NCc2cccs2)o1. The first-order valence-corrected chi connectivity index (χ1v) is 10.9. The summed E-state index contributed by atoms with van der Waals surface area (Å²) in [6.45, 7) is 0.331. The van der Waals surface area contributed by atoms with Crippen molar-refractivity contribution in [1.82, 2.24) is 9.62 Å². The van der Waals surface area contributed by atoms with Crippen LogP contribution >= 0.6 is 11.3 Å². The topological polar surface area (TPSA) is 127 Å². The lowest BCUT2D eigenvalue weighted by molar-refractivity contribution is -0.117. The average molecular weight is 419 g/mol. The zero-order valence-electron chi connectivity index (χ0n) is 15.1. The van der Waals surface area contributed by atoms with Crippen LogP contribution in [0, 0.1) is 22.7 Å². The maximum Gasteiger partial charge on any atom is 0.262 e. The summed E-state index contributed by atoms with van der Waals surface area (Å²) in [5.74, 6) is 0.0677. The molecule has 0 aliphatic carbocycles. The first kappa shape index (κ1) is 21.4. The highest BCUT2D eigenvalue weighted by atomic mass is 32.2. The lowest BCUT2D eigenvalue weighted by Crippen LogP contribution is -2.30. The minimum absolute atomic E-state index is 0.0409. The van der Waals surface area contributed by atoms with Gasteiger partial charge in [0.1, 0.15) is 23.2 Å². The third-order valence-electron chi connectivity index (χ3n) is 3.61. The molecule has 0 spiro atoms. The number of nitrogens with zero attached hydrogens (tertiary/aromatic N) is 3. The van der Waals surface area contributed by atoms with Gasteiger partial charge in [0.2, 0.25) is 10.0 Å². The van der Waals surface area contributed by atoms with E-state index in [0.717, 1.165) is 15.4 Å². The van der Waals surface area contributed by atoms with Gasteiger partial charge in [-0.3, -0.25) is 4.79 Å². The average Bonchev–Trinajstić information content (AvgIpc) is 3.32. The molecule has 2 rings (SSSR count). The van der Waals surface area contributed by atoms with Gasteiger partial charge in [-0.25, -0.2) is 8.42 Å². The number of amides is 1. The summed E-state index contributed by atoms with van der Waals surface area (Å²) in [7, 11) is -3.50. The van der Waals surface area contributed by atoms with Crippen LogP contribution in [0.15, 0.2) is 39.6 Å². The van der Waals surface area contributed by atoms with Crippen LogP contribution in [0.5, 0.6) is 0 Å². The van der Waals surface area contributed by atoms with Crippen molar-refractivity contribution >= 4 is 33.3 Å². The Morgan fingerprint density at radius 2 is 2.14 bits per heavy atom. The standard InChI is InChI=1S/C18H18N4O4S2/c1-28(24,25)22(8-3-7-19)13-16-6-5-15(26-16)10-14(11-20)18(23)21-12-17-4-2-9-27-17/h2,4-6,9-10H,3,8,12-13H2,1H3,(H,21,23)/b14-10+. The molecule has 10 heteroatoms. The predicted octanol–water partition coefficient (Wildman–Crippen LogP) is 2.24. The Balaban J connectivity index is 2.07. The Morgan fingerprint density at radius 3 is 2.75 bits per heavy atom. The third kappa shape index (κ3) is 6.35. The lowest BCUT2D eigenvalue weighted by Gasteiger charge is -2.16.